The van der Waals surface area contributed by atoms with Gasteiger partial charge in [0, 0.05) is 6.04 Å². The minimum atomic E-state index is 0.226. The minimum Gasteiger partial charge on any atom is -0.328 e. The zero-order valence-electron chi connectivity index (χ0n) is 11.4. The lowest BCUT2D eigenvalue weighted by molar-refractivity contribution is 0.738. The van der Waals surface area contributed by atoms with E-state index in [-0.39, 0.29) is 6.04 Å². The van der Waals surface area contributed by atoms with Crippen LogP contribution in [0, 0.1) is 0 Å². The van der Waals surface area contributed by atoms with Gasteiger partial charge in [0.15, 0.2) is 0 Å². The zero-order valence-corrected chi connectivity index (χ0v) is 11.4. The van der Waals surface area contributed by atoms with Crippen LogP contribution < -0.4 is 5.73 Å². The van der Waals surface area contributed by atoms with Crippen molar-refractivity contribution in [2.45, 2.75) is 25.8 Å². The Balaban J connectivity index is 1.91. The fourth-order valence-corrected chi connectivity index (χ4v) is 2.08. The Morgan fingerprint density at radius 3 is 2.21 bits per heavy atom. The smallest absolute Gasteiger partial charge is 0.00509 e. The lowest BCUT2D eigenvalue weighted by Crippen LogP contribution is -2.17. The van der Waals surface area contributed by atoms with E-state index < -0.39 is 0 Å². The van der Waals surface area contributed by atoms with Crippen LogP contribution in [0.3, 0.4) is 0 Å². The molecular formula is C18H21N. The van der Waals surface area contributed by atoms with Crippen molar-refractivity contribution in [1.82, 2.24) is 0 Å². The monoisotopic (exact) mass is 251 g/mol. The molecule has 0 aromatic heterocycles. The summed E-state index contributed by atoms with van der Waals surface area (Å²) in [6, 6.07) is 19.3. The summed E-state index contributed by atoms with van der Waals surface area (Å²) in [6.45, 7) is 2.04. The van der Waals surface area contributed by atoms with Gasteiger partial charge < -0.3 is 5.73 Å². The van der Waals surface area contributed by atoms with E-state index in [2.05, 4.69) is 60.7 Å². The number of rotatable bonds is 5. The molecule has 98 valence electrons. The van der Waals surface area contributed by atoms with Crippen molar-refractivity contribution in [1.29, 1.82) is 0 Å². The summed E-state index contributed by atoms with van der Waals surface area (Å²) >= 11 is 0. The van der Waals surface area contributed by atoms with Gasteiger partial charge in [0.2, 0.25) is 0 Å². The van der Waals surface area contributed by atoms with Crippen molar-refractivity contribution in [3.63, 3.8) is 0 Å². The molecule has 0 fully saturated rings. The number of allylic oxidation sites excluding steroid dienone is 1. The molecule has 0 aliphatic heterocycles. The Morgan fingerprint density at radius 2 is 1.58 bits per heavy atom. The Hall–Kier alpha value is -1.86. The summed E-state index contributed by atoms with van der Waals surface area (Å²) in [7, 11) is 0. The van der Waals surface area contributed by atoms with Crippen LogP contribution in [0.15, 0.2) is 60.7 Å². The minimum absolute atomic E-state index is 0.226. The van der Waals surface area contributed by atoms with Crippen LogP contribution in [-0.2, 0) is 12.8 Å². The van der Waals surface area contributed by atoms with Crippen LogP contribution in [0.4, 0.5) is 0 Å². The molecule has 0 spiro atoms. The van der Waals surface area contributed by atoms with E-state index in [1.165, 1.54) is 16.7 Å². The maximum atomic E-state index is 5.80. The Labute approximate surface area is 115 Å². The molecule has 19 heavy (non-hydrogen) atoms. The lowest BCUT2D eigenvalue weighted by Gasteiger charge is -2.05. The highest BCUT2D eigenvalue weighted by atomic mass is 14.6. The highest BCUT2D eigenvalue weighted by molar-refractivity contribution is 5.49. The first-order valence-corrected chi connectivity index (χ1v) is 6.79. The average Bonchev–Trinajstić information content (AvgIpc) is 2.41. The van der Waals surface area contributed by atoms with Crippen molar-refractivity contribution >= 4 is 6.08 Å². The van der Waals surface area contributed by atoms with Gasteiger partial charge in [-0.15, -0.1) is 0 Å². The molecule has 0 aliphatic carbocycles. The van der Waals surface area contributed by atoms with Gasteiger partial charge in [-0.1, -0.05) is 66.7 Å². The molecule has 0 saturated carbocycles. The highest BCUT2D eigenvalue weighted by Gasteiger charge is 1.97. The third-order valence-electron chi connectivity index (χ3n) is 3.04. The second kappa shape index (κ2) is 6.91. The van der Waals surface area contributed by atoms with Gasteiger partial charge in [-0.25, -0.2) is 0 Å². The van der Waals surface area contributed by atoms with Gasteiger partial charge in [-0.3, -0.25) is 0 Å². The molecule has 1 atom stereocenters. The summed E-state index contributed by atoms with van der Waals surface area (Å²) in [5.41, 5.74) is 9.69. The molecular weight excluding hydrogens is 230 g/mol. The summed E-state index contributed by atoms with van der Waals surface area (Å²) in [5, 5.41) is 0. The standard InChI is InChI=1S/C18H21N/c1-15(19)14-18-12-10-17(11-13-18)9-5-8-16-6-3-2-4-7-16/h2-8,10-13,15H,9,14,19H2,1H3/b8-5+. The van der Waals surface area contributed by atoms with Crippen molar-refractivity contribution in [2.75, 3.05) is 0 Å². The fraction of sp³-hybridized carbons (Fsp3) is 0.222. The Bertz CT molecular complexity index is 509. The summed E-state index contributed by atoms with van der Waals surface area (Å²) < 4.78 is 0. The van der Waals surface area contributed by atoms with E-state index in [1.54, 1.807) is 0 Å². The Morgan fingerprint density at radius 1 is 0.947 bits per heavy atom. The molecule has 0 amide bonds. The molecule has 2 rings (SSSR count). The SMILES string of the molecule is CC(N)Cc1ccc(C/C=C/c2ccccc2)cc1. The highest BCUT2D eigenvalue weighted by Crippen LogP contribution is 2.09. The number of hydrogen-bond acceptors (Lipinski definition) is 1. The molecule has 0 aliphatic rings. The van der Waals surface area contributed by atoms with Gasteiger partial charge in [0.1, 0.15) is 0 Å². The first-order valence-electron chi connectivity index (χ1n) is 6.79. The van der Waals surface area contributed by atoms with E-state index in [4.69, 9.17) is 5.73 Å². The molecule has 2 aromatic carbocycles. The summed E-state index contributed by atoms with van der Waals surface area (Å²) in [6.07, 6.45) is 6.28. The molecule has 0 radical (unpaired) electrons. The predicted molar refractivity (Wildman–Crippen MR) is 83.0 cm³/mol. The van der Waals surface area contributed by atoms with Crippen molar-refractivity contribution in [3.05, 3.63) is 77.4 Å². The van der Waals surface area contributed by atoms with Crippen LogP contribution in [0.25, 0.3) is 6.08 Å². The number of hydrogen-bond donors (Lipinski definition) is 1. The molecule has 1 nitrogen and oxygen atoms in total. The molecule has 2 aromatic rings. The van der Waals surface area contributed by atoms with Gasteiger partial charge >= 0.3 is 0 Å². The first kappa shape index (κ1) is 13.6. The van der Waals surface area contributed by atoms with E-state index in [9.17, 15) is 0 Å². The predicted octanol–water partition coefficient (Wildman–Crippen LogP) is 3.83. The lowest BCUT2D eigenvalue weighted by atomic mass is 10.0. The quantitative estimate of drug-likeness (QED) is 0.858. The van der Waals surface area contributed by atoms with E-state index in [0.29, 0.717) is 0 Å². The van der Waals surface area contributed by atoms with Gasteiger partial charge in [-0.05, 0) is 36.5 Å². The van der Waals surface area contributed by atoms with Crippen LogP contribution in [-0.4, -0.2) is 6.04 Å². The normalized spacial score (nSPS) is 12.7. The molecule has 1 heteroatoms. The van der Waals surface area contributed by atoms with Gasteiger partial charge in [0.25, 0.3) is 0 Å². The van der Waals surface area contributed by atoms with Gasteiger partial charge in [-0.2, -0.15) is 0 Å². The van der Waals surface area contributed by atoms with E-state index >= 15 is 0 Å². The van der Waals surface area contributed by atoms with E-state index in [0.717, 1.165) is 12.8 Å². The summed E-state index contributed by atoms with van der Waals surface area (Å²) in [4.78, 5) is 0. The number of nitrogens with two attached hydrogens (primary N) is 1. The van der Waals surface area contributed by atoms with Crippen LogP contribution >= 0.6 is 0 Å². The van der Waals surface area contributed by atoms with Crippen molar-refractivity contribution in [3.8, 4) is 0 Å². The van der Waals surface area contributed by atoms with Crippen molar-refractivity contribution < 1.29 is 0 Å². The molecule has 0 saturated heterocycles. The van der Waals surface area contributed by atoms with Crippen LogP contribution in [0.2, 0.25) is 0 Å². The van der Waals surface area contributed by atoms with E-state index in [1.807, 2.05) is 13.0 Å². The third-order valence-corrected chi connectivity index (χ3v) is 3.04. The average molecular weight is 251 g/mol. The maximum absolute atomic E-state index is 5.80. The molecule has 2 N–H and O–H groups in total. The summed E-state index contributed by atoms with van der Waals surface area (Å²) in [5.74, 6) is 0. The maximum Gasteiger partial charge on any atom is 0.00509 e. The Kier molecular flexibility index (Phi) is 4.93. The second-order valence-corrected chi connectivity index (χ2v) is 5.02. The van der Waals surface area contributed by atoms with Crippen molar-refractivity contribution in [2.24, 2.45) is 5.73 Å². The molecule has 0 bridgehead atoms. The number of benzene rings is 2. The zero-order chi connectivity index (χ0) is 13.5. The van der Waals surface area contributed by atoms with Gasteiger partial charge in [0.05, 0.1) is 0 Å². The van der Waals surface area contributed by atoms with Crippen LogP contribution in [0.1, 0.15) is 23.6 Å². The topological polar surface area (TPSA) is 26.0 Å². The molecule has 0 heterocycles. The third kappa shape index (κ3) is 4.72. The second-order valence-electron chi connectivity index (χ2n) is 5.02. The fourth-order valence-electron chi connectivity index (χ4n) is 2.08. The van der Waals surface area contributed by atoms with Crippen LogP contribution in [0.5, 0.6) is 0 Å². The largest absolute Gasteiger partial charge is 0.328 e. The molecule has 1 unspecified atom stereocenters. The first-order chi connectivity index (χ1) is 9.24.